The predicted octanol–water partition coefficient (Wildman–Crippen LogP) is 0.692. The van der Waals surface area contributed by atoms with Crippen LogP contribution < -0.4 is 15.8 Å². The van der Waals surface area contributed by atoms with Crippen LogP contribution in [-0.4, -0.2) is 49.1 Å². The van der Waals surface area contributed by atoms with Gasteiger partial charge >= 0.3 is 0 Å². The van der Waals surface area contributed by atoms with Gasteiger partial charge in [-0.3, -0.25) is 14.7 Å². The monoisotopic (exact) mass is 292 g/mol. The van der Waals surface area contributed by atoms with Crippen molar-refractivity contribution in [3.8, 4) is 5.75 Å². The Balaban J connectivity index is 1.80. The molecule has 0 aromatic carbocycles. The summed E-state index contributed by atoms with van der Waals surface area (Å²) in [6, 6.07) is 2.48. The summed E-state index contributed by atoms with van der Waals surface area (Å²) in [4.78, 5) is 17.8. The molecule has 0 unspecified atom stereocenters. The summed E-state index contributed by atoms with van der Waals surface area (Å²) < 4.78 is 5.64. The Bertz CT molecular complexity index is 467. The van der Waals surface area contributed by atoms with E-state index in [0.29, 0.717) is 32.2 Å². The van der Waals surface area contributed by atoms with Gasteiger partial charge < -0.3 is 15.8 Å². The molecule has 1 atom stereocenters. The molecule has 2 heterocycles. The van der Waals surface area contributed by atoms with Crippen LogP contribution in [-0.2, 0) is 4.79 Å². The Morgan fingerprint density at radius 2 is 2.43 bits per heavy atom. The summed E-state index contributed by atoms with van der Waals surface area (Å²) in [5, 5.41) is 2.76. The van der Waals surface area contributed by atoms with Crippen molar-refractivity contribution < 1.29 is 9.53 Å². The molecule has 0 radical (unpaired) electrons. The fourth-order valence-electron chi connectivity index (χ4n) is 2.61. The minimum Gasteiger partial charge on any atom is -0.490 e. The molecule has 1 amide bonds. The van der Waals surface area contributed by atoms with Crippen molar-refractivity contribution in [1.82, 2.24) is 15.2 Å². The zero-order valence-corrected chi connectivity index (χ0v) is 12.5. The summed E-state index contributed by atoms with van der Waals surface area (Å²) in [6.45, 7) is 2.41. The normalized spacial score (nSPS) is 18.7. The van der Waals surface area contributed by atoms with Gasteiger partial charge in [-0.2, -0.15) is 0 Å². The van der Waals surface area contributed by atoms with Gasteiger partial charge in [0.05, 0.1) is 12.7 Å². The Kier molecular flexibility index (Phi) is 5.95. The second-order valence-electron chi connectivity index (χ2n) is 5.33. The maximum atomic E-state index is 11.3. The Labute approximate surface area is 125 Å². The van der Waals surface area contributed by atoms with Crippen LogP contribution in [0.1, 0.15) is 30.9 Å². The average molecular weight is 292 g/mol. The number of pyridine rings is 1. The average Bonchev–Trinajstić information content (AvgIpc) is 2.90. The molecule has 0 saturated carbocycles. The van der Waals surface area contributed by atoms with Crippen molar-refractivity contribution in [2.24, 2.45) is 5.73 Å². The number of hydrogen-bond acceptors (Lipinski definition) is 5. The summed E-state index contributed by atoms with van der Waals surface area (Å²) in [7, 11) is 2.14. The lowest BCUT2D eigenvalue weighted by Crippen LogP contribution is -2.29. The Morgan fingerprint density at radius 3 is 3.14 bits per heavy atom. The molecule has 3 N–H and O–H groups in total. The minimum absolute atomic E-state index is 0.0412. The second-order valence-corrected chi connectivity index (χ2v) is 5.33. The van der Waals surface area contributed by atoms with Crippen LogP contribution in [0.3, 0.4) is 0 Å². The maximum absolute atomic E-state index is 11.3. The van der Waals surface area contributed by atoms with E-state index in [0.717, 1.165) is 18.7 Å². The minimum atomic E-state index is -0.0412. The number of carbonyl (C=O) groups is 1. The molecule has 21 heavy (non-hydrogen) atoms. The number of hydrogen-bond donors (Lipinski definition) is 2. The first-order valence-electron chi connectivity index (χ1n) is 7.45. The van der Waals surface area contributed by atoms with Gasteiger partial charge in [-0.25, -0.2) is 0 Å². The van der Waals surface area contributed by atoms with Crippen molar-refractivity contribution in [2.45, 2.75) is 25.3 Å². The van der Waals surface area contributed by atoms with E-state index >= 15 is 0 Å². The van der Waals surface area contributed by atoms with E-state index in [4.69, 9.17) is 10.5 Å². The zero-order chi connectivity index (χ0) is 15.1. The van der Waals surface area contributed by atoms with E-state index in [1.54, 1.807) is 6.20 Å². The molecular formula is C15H24N4O2. The molecule has 0 aliphatic carbocycles. The highest BCUT2D eigenvalue weighted by Gasteiger charge is 2.22. The SMILES string of the molecule is CN1CCC[C@H]1c1cncc(OCCNC(=O)CCN)c1. The van der Waals surface area contributed by atoms with E-state index in [1.165, 1.54) is 12.0 Å². The molecule has 2 rings (SSSR count). The highest BCUT2D eigenvalue weighted by atomic mass is 16.5. The van der Waals surface area contributed by atoms with Gasteiger partial charge in [0.15, 0.2) is 0 Å². The number of nitrogens with zero attached hydrogens (tertiary/aromatic N) is 2. The molecule has 6 heteroatoms. The molecule has 0 bridgehead atoms. The fraction of sp³-hybridized carbons (Fsp3) is 0.600. The highest BCUT2D eigenvalue weighted by Crippen LogP contribution is 2.31. The number of nitrogens with one attached hydrogen (secondary N) is 1. The largest absolute Gasteiger partial charge is 0.490 e. The number of likely N-dealkylation sites (tertiary alicyclic amines) is 1. The van der Waals surface area contributed by atoms with Crippen LogP contribution in [0.2, 0.25) is 0 Å². The standard InChI is InChI=1S/C15H24N4O2/c1-19-7-2-3-14(19)12-9-13(11-17-10-12)21-8-6-18-15(20)4-5-16/h9-11,14H,2-8,16H2,1H3,(H,18,20)/t14-/m0/s1. The fourth-order valence-corrected chi connectivity index (χ4v) is 2.61. The van der Waals surface area contributed by atoms with Crippen molar-refractivity contribution in [2.75, 3.05) is 33.3 Å². The molecule has 116 valence electrons. The molecule has 1 saturated heterocycles. The van der Waals surface area contributed by atoms with Crippen LogP contribution in [0.15, 0.2) is 18.5 Å². The maximum Gasteiger partial charge on any atom is 0.221 e. The third-order valence-electron chi connectivity index (χ3n) is 3.70. The third-order valence-corrected chi connectivity index (χ3v) is 3.70. The van der Waals surface area contributed by atoms with Gasteiger partial charge in [-0.15, -0.1) is 0 Å². The van der Waals surface area contributed by atoms with E-state index in [-0.39, 0.29) is 5.91 Å². The van der Waals surface area contributed by atoms with Crippen molar-refractivity contribution in [3.63, 3.8) is 0 Å². The lowest BCUT2D eigenvalue weighted by atomic mass is 10.1. The molecule has 1 aromatic rings. The molecular weight excluding hydrogens is 268 g/mol. The van der Waals surface area contributed by atoms with E-state index in [2.05, 4.69) is 22.2 Å². The number of carbonyl (C=O) groups excluding carboxylic acids is 1. The first kappa shape index (κ1) is 15.7. The van der Waals surface area contributed by atoms with E-state index in [9.17, 15) is 4.79 Å². The van der Waals surface area contributed by atoms with Crippen LogP contribution in [0, 0.1) is 0 Å². The number of amides is 1. The Hall–Kier alpha value is -1.66. The molecule has 1 fully saturated rings. The van der Waals surface area contributed by atoms with Crippen LogP contribution in [0.5, 0.6) is 5.75 Å². The summed E-state index contributed by atoms with van der Waals surface area (Å²) in [5.41, 5.74) is 6.50. The number of ether oxygens (including phenoxy) is 1. The van der Waals surface area contributed by atoms with Gasteiger partial charge in [0.1, 0.15) is 12.4 Å². The van der Waals surface area contributed by atoms with Crippen molar-refractivity contribution in [3.05, 3.63) is 24.0 Å². The van der Waals surface area contributed by atoms with E-state index in [1.807, 2.05) is 12.3 Å². The quantitative estimate of drug-likeness (QED) is 0.723. The smallest absolute Gasteiger partial charge is 0.221 e. The number of rotatable bonds is 7. The lowest BCUT2D eigenvalue weighted by molar-refractivity contribution is -0.120. The van der Waals surface area contributed by atoms with Gasteiger partial charge in [-0.05, 0) is 38.1 Å². The third kappa shape index (κ3) is 4.68. The molecule has 1 aliphatic heterocycles. The van der Waals surface area contributed by atoms with Gasteiger partial charge in [0, 0.05) is 25.2 Å². The molecule has 1 aromatic heterocycles. The van der Waals surface area contributed by atoms with Crippen molar-refractivity contribution >= 4 is 5.91 Å². The first-order valence-corrected chi connectivity index (χ1v) is 7.45. The topological polar surface area (TPSA) is 80.5 Å². The summed E-state index contributed by atoms with van der Waals surface area (Å²) in [5.74, 6) is 0.710. The first-order chi connectivity index (χ1) is 10.2. The van der Waals surface area contributed by atoms with Gasteiger partial charge in [0.2, 0.25) is 5.91 Å². The predicted molar refractivity (Wildman–Crippen MR) is 81.0 cm³/mol. The number of nitrogens with two attached hydrogens (primary N) is 1. The van der Waals surface area contributed by atoms with Gasteiger partial charge in [-0.1, -0.05) is 0 Å². The van der Waals surface area contributed by atoms with Crippen molar-refractivity contribution in [1.29, 1.82) is 0 Å². The van der Waals surface area contributed by atoms with Gasteiger partial charge in [0.25, 0.3) is 0 Å². The van der Waals surface area contributed by atoms with E-state index < -0.39 is 0 Å². The highest BCUT2D eigenvalue weighted by molar-refractivity contribution is 5.75. The van der Waals surface area contributed by atoms with Crippen LogP contribution >= 0.6 is 0 Å². The zero-order valence-electron chi connectivity index (χ0n) is 12.5. The van der Waals surface area contributed by atoms with Crippen LogP contribution in [0.4, 0.5) is 0 Å². The number of aromatic nitrogens is 1. The summed E-state index contributed by atoms with van der Waals surface area (Å²) in [6.07, 6.45) is 6.35. The Morgan fingerprint density at radius 1 is 1.57 bits per heavy atom. The van der Waals surface area contributed by atoms with Crippen LogP contribution in [0.25, 0.3) is 0 Å². The lowest BCUT2D eigenvalue weighted by Gasteiger charge is -2.19. The second kappa shape index (κ2) is 7.95. The summed E-state index contributed by atoms with van der Waals surface area (Å²) >= 11 is 0. The molecule has 0 spiro atoms. The molecule has 1 aliphatic rings. The molecule has 6 nitrogen and oxygen atoms in total.